The summed E-state index contributed by atoms with van der Waals surface area (Å²) in [5.41, 5.74) is 0. The van der Waals surface area contributed by atoms with Gasteiger partial charge in [0.2, 0.25) is 4.08 Å². The number of alkyl halides is 3. The maximum atomic E-state index is 12.0. The Balaban J connectivity index is 4.45. The van der Waals surface area contributed by atoms with Gasteiger partial charge in [0.15, 0.2) is 0 Å². The fraction of sp³-hybridized carbons (Fsp3) is 0.500. The first kappa shape index (κ1) is 12.7. The largest absolute Gasteiger partial charge is 0.460 e. The molecule has 2 nitrogen and oxygen atoms in total. The minimum absolute atomic E-state index is 0.308. The molecule has 76 valence electrons. The topological polar surface area (TPSA) is 26.3 Å². The van der Waals surface area contributed by atoms with E-state index in [1.807, 2.05) is 0 Å². The predicted octanol–water partition coefficient (Wildman–Crippen LogP) is 1.83. The monoisotopic (exact) mass is 232 g/mol. The Morgan fingerprint density at radius 1 is 1.46 bits per heavy atom. The number of hydrogen-bond donors (Lipinski definition) is 2. The van der Waals surface area contributed by atoms with Crippen LogP contribution >= 0.6 is 25.3 Å². The lowest BCUT2D eigenvalue weighted by molar-refractivity contribution is -0.171. The van der Waals surface area contributed by atoms with Crippen LogP contribution in [0.5, 0.6) is 0 Å². The van der Waals surface area contributed by atoms with Crippen LogP contribution < -0.4 is 0 Å². The second-order valence-electron chi connectivity index (χ2n) is 2.06. The summed E-state index contributed by atoms with van der Waals surface area (Å²) in [6.45, 7) is 2.86. The van der Waals surface area contributed by atoms with Gasteiger partial charge >= 0.3 is 12.1 Å². The molecule has 0 saturated heterocycles. The molecule has 0 spiro atoms. The van der Waals surface area contributed by atoms with E-state index in [4.69, 9.17) is 0 Å². The molecule has 7 heteroatoms. The zero-order valence-electron chi connectivity index (χ0n) is 6.34. The van der Waals surface area contributed by atoms with Crippen molar-refractivity contribution < 1.29 is 22.7 Å². The Kier molecular flexibility index (Phi) is 4.18. The summed E-state index contributed by atoms with van der Waals surface area (Å²) in [5.74, 6) is -1.56. The third kappa shape index (κ3) is 3.15. The standard InChI is InChI=1S/C6H7F3O2S2/c1-2-3-11-4(10)5(12,13)6(7,8)9/h2,12-13H,1,3H2. The number of ether oxygens (including phenoxy) is 1. The molecule has 0 aliphatic heterocycles. The maximum Gasteiger partial charge on any atom is 0.422 e. The molecule has 0 bridgehead atoms. The van der Waals surface area contributed by atoms with Crippen molar-refractivity contribution in [1.29, 1.82) is 0 Å². The second-order valence-corrected chi connectivity index (χ2v) is 3.75. The van der Waals surface area contributed by atoms with Crippen LogP contribution in [-0.2, 0) is 9.53 Å². The summed E-state index contributed by atoms with van der Waals surface area (Å²) in [5, 5.41) is 0. The Morgan fingerprint density at radius 2 is 1.92 bits per heavy atom. The number of esters is 1. The zero-order chi connectivity index (χ0) is 10.7. The van der Waals surface area contributed by atoms with Gasteiger partial charge in [0.25, 0.3) is 0 Å². The first-order valence-corrected chi connectivity index (χ1v) is 3.92. The Labute approximate surface area is 84.0 Å². The normalized spacial score (nSPS) is 12.4. The molecule has 0 saturated carbocycles. The van der Waals surface area contributed by atoms with Crippen LogP contribution in [0.2, 0.25) is 0 Å². The molecular formula is C6H7F3O2S2. The minimum Gasteiger partial charge on any atom is -0.460 e. The van der Waals surface area contributed by atoms with E-state index in [0.29, 0.717) is 0 Å². The molecule has 0 aromatic rings. The average Bonchev–Trinajstić information content (AvgIpc) is 1.97. The van der Waals surface area contributed by atoms with E-state index in [1.54, 1.807) is 0 Å². The third-order valence-corrected chi connectivity index (χ3v) is 1.88. The molecule has 0 aliphatic rings. The van der Waals surface area contributed by atoms with Gasteiger partial charge in [-0.3, -0.25) is 0 Å². The predicted molar refractivity (Wildman–Crippen MR) is 47.9 cm³/mol. The molecule has 0 amide bonds. The summed E-state index contributed by atoms with van der Waals surface area (Å²) >= 11 is 6.13. The Bertz CT molecular complexity index is 212. The number of carbonyl (C=O) groups is 1. The van der Waals surface area contributed by atoms with E-state index in [0.717, 1.165) is 6.08 Å². The van der Waals surface area contributed by atoms with Crippen LogP contribution in [0.15, 0.2) is 12.7 Å². The summed E-state index contributed by atoms with van der Waals surface area (Å²) in [4.78, 5) is 10.7. The summed E-state index contributed by atoms with van der Waals surface area (Å²) in [6.07, 6.45) is -3.72. The molecule has 0 unspecified atom stereocenters. The highest BCUT2D eigenvalue weighted by atomic mass is 32.2. The smallest absolute Gasteiger partial charge is 0.422 e. The molecule has 0 fully saturated rings. The SMILES string of the molecule is C=CCOC(=O)C(S)(S)C(F)(F)F. The number of rotatable bonds is 3. The molecule has 0 aliphatic carbocycles. The van der Waals surface area contributed by atoms with Crippen molar-refractivity contribution in [3.63, 3.8) is 0 Å². The van der Waals surface area contributed by atoms with Gasteiger partial charge in [-0.1, -0.05) is 12.7 Å². The first-order chi connectivity index (χ1) is 5.73. The Morgan fingerprint density at radius 3 is 2.23 bits per heavy atom. The number of thiol groups is 2. The fourth-order valence-electron chi connectivity index (χ4n) is 0.351. The van der Waals surface area contributed by atoms with Crippen molar-refractivity contribution in [2.75, 3.05) is 6.61 Å². The molecule has 0 atom stereocenters. The van der Waals surface area contributed by atoms with E-state index in [1.165, 1.54) is 0 Å². The van der Waals surface area contributed by atoms with E-state index >= 15 is 0 Å². The summed E-state index contributed by atoms with van der Waals surface area (Å²) in [7, 11) is 0. The van der Waals surface area contributed by atoms with Gasteiger partial charge in [-0.25, -0.2) is 4.79 Å². The van der Waals surface area contributed by atoms with Gasteiger partial charge < -0.3 is 4.74 Å². The summed E-state index contributed by atoms with van der Waals surface area (Å²) in [6, 6.07) is 0. The molecule has 0 aromatic heterocycles. The minimum atomic E-state index is -4.86. The molecular weight excluding hydrogens is 225 g/mol. The first-order valence-electron chi connectivity index (χ1n) is 3.03. The zero-order valence-corrected chi connectivity index (χ0v) is 8.13. The highest BCUT2D eigenvalue weighted by Gasteiger charge is 2.56. The maximum absolute atomic E-state index is 12.0. The van der Waals surface area contributed by atoms with Crippen LogP contribution in [0.4, 0.5) is 13.2 Å². The highest BCUT2D eigenvalue weighted by molar-refractivity contribution is 8.02. The van der Waals surface area contributed by atoms with Crippen molar-refractivity contribution in [3.8, 4) is 0 Å². The number of halogens is 3. The third-order valence-electron chi connectivity index (χ3n) is 1.01. The van der Waals surface area contributed by atoms with Gasteiger partial charge in [0.05, 0.1) is 0 Å². The molecule has 0 aromatic carbocycles. The van der Waals surface area contributed by atoms with E-state index < -0.39 is 16.2 Å². The van der Waals surface area contributed by atoms with Crippen molar-refractivity contribution >= 4 is 31.2 Å². The summed E-state index contributed by atoms with van der Waals surface area (Å²) < 4.78 is 37.2. The van der Waals surface area contributed by atoms with Crippen molar-refractivity contribution in [2.24, 2.45) is 0 Å². The van der Waals surface area contributed by atoms with Gasteiger partial charge in [-0.2, -0.15) is 13.2 Å². The fourth-order valence-corrected chi connectivity index (χ4v) is 0.480. The lowest BCUT2D eigenvalue weighted by Gasteiger charge is -2.22. The molecule has 13 heavy (non-hydrogen) atoms. The van der Waals surface area contributed by atoms with Crippen molar-refractivity contribution in [1.82, 2.24) is 0 Å². The molecule has 0 heterocycles. The molecule has 0 rings (SSSR count). The van der Waals surface area contributed by atoms with Crippen molar-refractivity contribution in [2.45, 2.75) is 10.3 Å². The number of carbonyl (C=O) groups excluding carboxylic acids is 1. The van der Waals surface area contributed by atoms with Crippen LogP contribution in [0.3, 0.4) is 0 Å². The average molecular weight is 232 g/mol. The highest BCUT2D eigenvalue weighted by Crippen LogP contribution is 2.39. The van der Waals surface area contributed by atoms with Crippen LogP contribution in [0.25, 0.3) is 0 Å². The van der Waals surface area contributed by atoms with Crippen molar-refractivity contribution in [3.05, 3.63) is 12.7 Å². The van der Waals surface area contributed by atoms with Gasteiger partial charge in [-0.15, -0.1) is 25.3 Å². The number of hydrogen-bond acceptors (Lipinski definition) is 4. The van der Waals surface area contributed by atoms with Gasteiger partial charge in [0, 0.05) is 0 Å². The molecule has 0 radical (unpaired) electrons. The van der Waals surface area contributed by atoms with E-state index in [9.17, 15) is 18.0 Å². The quantitative estimate of drug-likeness (QED) is 0.336. The van der Waals surface area contributed by atoms with Gasteiger partial charge in [0.1, 0.15) is 6.61 Å². The van der Waals surface area contributed by atoms with Gasteiger partial charge in [-0.05, 0) is 0 Å². The van der Waals surface area contributed by atoms with Crippen LogP contribution in [0.1, 0.15) is 0 Å². The van der Waals surface area contributed by atoms with Crippen LogP contribution in [-0.4, -0.2) is 22.8 Å². The lowest BCUT2D eigenvalue weighted by Crippen LogP contribution is -2.43. The van der Waals surface area contributed by atoms with Crippen LogP contribution in [0, 0.1) is 0 Å². The Hall–Kier alpha value is -0.300. The second kappa shape index (κ2) is 4.28. The van der Waals surface area contributed by atoms with E-state index in [-0.39, 0.29) is 6.61 Å². The molecule has 0 N–H and O–H groups in total. The van der Waals surface area contributed by atoms with E-state index in [2.05, 4.69) is 36.6 Å². The lowest BCUT2D eigenvalue weighted by atomic mass is 10.4.